The molecule has 0 bridgehead atoms. The first-order chi connectivity index (χ1) is 10.5. The molecule has 122 valence electrons. The van der Waals surface area contributed by atoms with Crippen LogP contribution < -0.4 is 10.0 Å². The molecule has 0 saturated heterocycles. The van der Waals surface area contributed by atoms with Crippen LogP contribution in [0.4, 0.5) is 5.69 Å². The minimum absolute atomic E-state index is 0.0826. The Labute approximate surface area is 142 Å². The van der Waals surface area contributed by atoms with Crippen molar-refractivity contribution in [2.45, 2.75) is 55.9 Å². The third-order valence-electron chi connectivity index (χ3n) is 3.76. The summed E-state index contributed by atoms with van der Waals surface area (Å²) < 4.78 is 26.7. The van der Waals surface area contributed by atoms with Gasteiger partial charge in [0.2, 0.25) is 0 Å². The van der Waals surface area contributed by atoms with Gasteiger partial charge in [0, 0.05) is 18.4 Å². The van der Waals surface area contributed by atoms with E-state index < -0.39 is 10.0 Å². The fraction of sp³-hybridized carbons (Fsp3) is 0.571. The highest BCUT2D eigenvalue weighted by Gasteiger charge is 2.21. The Hall–Kier alpha value is -0.860. The molecule has 2 N–H and O–H groups in total. The molecule has 0 aromatic carbocycles. The van der Waals surface area contributed by atoms with E-state index in [9.17, 15) is 8.42 Å². The van der Waals surface area contributed by atoms with Gasteiger partial charge in [0.15, 0.2) is 0 Å². The summed E-state index contributed by atoms with van der Waals surface area (Å²) in [6.07, 6.45) is 11.2. The lowest BCUT2D eigenvalue weighted by molar-refractivity contribution is 0.471. The molecule has 1 aliphatic carbocycles. The van der Waals surface area contributed by atoms with Crippen molar-refractivity contribution in [3.8, 4) is 0 Å². The van der Waals surface area contributed by atoms with Crippen LogP contribution in [0.3, 0.4) is 0 Å². The summed E-state index contributed by atoms with van der Waals surface area (Å²) in [6.45, 7) is 0. The molecule has 0 unspecified atom stereocenters. The van der Waals surface area contributed by atoms with Crippen molar-refractivity contribution in [2.24, 2.45) is 0 Å². The molecule has 1 aliphatic rings. The highest BCUT2D eigenvalue weighted by Crippen LogP contribution is 2.25. The Bertz CT molecular complexity index is 612. The third-order valence-corrected chi connectivity index (χ3v) is 5.63. The van der Waals surface area contributed by atoms with E-state index in [0.29, 0.717) is 11.7 Å². The van der Waals surface area contributed by atoms with Gasteiger partial charge in [-0.05, 0) is 18.9 Å². The maximum atomic E-state index is 12.3. The van der Waals surface area contributed by atoms with E-state index in [1.807, 2.05) is 0 Å². The van der Waals surface area contributed by atoms with Crippen LogP contribution in [-0.4, -0.2) is 23.8 Å². The van der Waals surface area contributed by atoms with E-state index in [1.54, 1.807) is 12.3 Å². The van der Waals surface area contributed by atoms with Gasteiger partial charge in [0.25, 0.3) is 10.0 Å². The number of thiocarbonyl (C=S) groups is 1. The van der Waals surface area contributed by atoms with Crippen molar-refractivity contribution in [2.75, 3.05) is 5.32 Å². The van der Waals surface area contributed by atoms with E-state index in [2.05, 4.69) is 27.7 Å². The number of anilines is 1. The largest absolute Gasteiger partial charge is 0.381 e. The SMILES string of the molecule is O=S(=O)(NC(=S)S)c1cnccc1NC1CCCCCCC1. The van der Waals surface area contributed by atoms with Crippen LogP contribution >= 0.6 is 24.8 Å². The van der Waals surface area contributed by atoms with Gasteiger partial charge in [-0.25, -0.2) is 8.42 Å². The fourth-order valence-corrected chi connectivity index (χ4v) is 4.35. The Kier molecular flexibility index (Phi) is 6.46. The minimum atomic E-state index is -3.75. The van der Waals surface area contributed by atoms with Gasteiger partial charge in [-0.15, -0.1) is 12.6 Å². The van der Waals surface area contributed by atoms with Crippen LogP contribution in [0.15, 0.2) is 23.4 Å². The smallest absolute Gasteiger partial charge is 0.266 e. The van der Waals surface area contributed by atoms with Gasteiger partial charge in [0.05, 0.1) is 5.69 Å². The number of nitrogens with one attached hydrogen (secondary N) is 2. The number of thiol groups is 1. The Morgan fingerprint density at radius 1 is 1.23 bits per heavy atom. The number of sulfonamides is 1. The summed E-state index contributed by atoms with van der Waals surface area (Å²) in [7, 11) is -3.75. The quantitative estimate of drug-likeness (QED) is 0.569. The standard InChI is InChI=1S/C14H21N3O2S3/c18-22(19,17-14(20)21)13-10-15-9-8-12(13)16-11-6-4-2-1-3-5-7-11/h8-11H,1-7H2,(H,15,16)(H2,17,20,21). The van der Waals surface area contributed by atoms with Gasteiger partial charge in [-0.2, -0.15) is 0 Å². The second kappa shape index (κ2) is 8.12. The lowest BCUT2D eigenvalue weighted by atomic mass is 9.96. The molecule has 0 spiro atoms. The maximum Gasteiger partial charge on any atom is 0.266 e. The highest BCUT2D eigenvalue weighted by atomic mass is 32.2. The lowest BCUT2D eigenvalue weighted by Gasteiger charge is -2.23. The van der Waals surface area contributed by atoms with Crippen molar-refractivity contribution in [1.82, 2.24) is 9.71 Å². The summed E-state index contributed by atoms with van der Waals surface area (Å²) in [4.78, 5) is 4.02. The van der Waals surface area contributed by atoms with E-state index in [4.69, 9.17) is 12.2 Å². The van der Waals surface area contributed by atoms with Gasteiger partial charge >= 0.3 is 0 Å². The average molecular weight is 360 g/mol. The maximum absolute atomic E-state index is 12.3. The predicted octanol–water partition coefficient (Wildman–Crippen LogP) is 3.10. The van der Waals surface area contributed by atoms with Gasteiger partial charge < -0.3 is 5.32 Å². The zero-order valence-electron chi connectivity index (χ0n) is 12.3. The van der Waals surface area contributed by atoms with Crippen LogP contribution in [0.5, 0.6) is 0 Å². The van der Waals surface area contributed by atoms with Crippen LogP contribution in [-0.2, 0) is 10.0 Å². The Balaban J connectivity index is 2.18. The van der Waals surface area contributed by atoms with Crippen LogP contribution in [0.25, 0.3) is 0 Å². The van der Waals surface area contributed by atoms with E-state index >= 15 is 0 Å². The first kappa shape index (κ1) is 17.5. The molecule has 2 rings (SSSR count). The van der Waals surface area contributed by atoms with E-state index in [0.717, 1.165) is 12.8 Å². The van der Waals surface area contributed by atoms with Crippen molar-refractivity contribution in [1.29, 1.82) is 0 Å². The van der Waals surface area contributed by atoms with Crippen molar-refractivity contribution in [3.05, 3.63) is 18.5 Å². The number of pyridine rings is 1. The Morgan fingerprint density at radius 2 is 1.86 bits per heavy atom. The zero-order chi connectivity index (χ0) is 16.0. The molecule has 1 fully saturated rings. The molecular weight excluding hydrogens is 338 g/mol. The molecule has 8 heteroatoms. The highest BCUT2D eigenvalue weighted by molar-refractivity contribution is 8.12. The van der Waals surface area contributed by atoms with E-state index in [-0.39, 0.29) is 9.22 Å². The summed E-state index contributed by atoms with van der Waals surface area (Å²) in [5.41, 5.74) is 0.567. The fourth-order valence-electron chi connectivity index (χ4n) is 2.70. The molecule has 0 amide bonds. The number of nitrogens with zero attached hydrogens (tertiary/aromatic N) is 1. The monoisotopic (exact) mass is 359 g/mol. The summed E-state index contributed by atoms with van der Waals surface area (Å²) in [6, 6.07) is 1.98. The molecule has 5 nitrogen and oxygen atoms in total. The molecule has 22 heavy (non-hydrogen) atoms. The second-order valence-electron chi connectivity index (χ2n) is 5.47. The summed E-state index contributed by atoms with van der Waals surface area (Å²) >= 11 is 8.55. The van der Waals surface area contributed by atoms with Crippen LogP contribution in [0, 0.1) is 0 Å². The number of aromatic nitrogens is 1. The molecule has 1 heterocycles. The summed E-state index contributed by atoms with van der Waals surface area (Å²) in [5.74, 6) is 0. The number of rotatable bonds is 4. The lowest BCUT2D eigenvalue weighted by Crippen LogP contribution is -2.28. The topological polar surface area (TPSA) is 71.1 Å². The van der Waals surface area contributed by atoms with Crippen molar-refractivity contribution in [3.63, 3.8) is 0 Å². The van der Waals surface area contributed by atoms with Gasteiger partial charge in [-0.3, -0.25) is 9.71 Å². The number of hydrogen-bond donors (Lipinski definition) is 3. The number of hydrogen-bond acceptors (Lipinski definition) is 5. The summed E-state index contributed by atoms with van der Waals surface area (Å²) in [5, 5.41) is 3.37. The molecule has 1 aromatic rings. The first-order valence-electron chi connectivity index (χ1n) is 7.45. The average Bonchev–Trinajstić information content (AvgIpc) is 2.40. The molecule has 1 saturated carbocycles. The molecule has 1 aromatic heterocycles. The Morgan fingerprint density at radius 3 is 2.50 bits per heavy atom. The van der Waals surface area contributed by atoms with Gasteiger partial charge in [-0.1, -0.05) is 44.3 Å². The molecule has 0 radical (unpaired) electrons. The van der Waals surface area contributed by atoms with Crippen molar-refractivity contribution >= 4 is 44.9 Å². The van der Waals surface area contributed by atoms with E-state index in [1.165, 1.54) is 38.3 Å². The second-order valence-corrected chi connectivity index (χ2v) is 8.28. The van der Waals surface area contributed by atoms with Gasteiger partial charge in [0.1, 0.15) is 9.22 Å². The first-order valence-corrected chi connectivity index (χ1v) is 9.79. The van der Waals surface area contributed by atoms with Crippen LogP contribution in [0.1, 0.15) is 44.9 Å². The molecular formula is C14H21N3O2S3. The minimum Gasteiger partial charge on any atom is -0.381 e. The zero-order valence-corrected chi connectivity index (χ0v) is 14.8. The molecule has 0 aliphatic heterocycles. The molecule has 0 atom stereocenters. The van der Waals surface area contributed by atoms with Crippen LogP contribution in [0.2, 0.25) is 0 Å². The third kappa shape index (κ3) is 5.10. The normalized spacial score (nSPS) is 17.3. The van der Waals surface area contributed by atoms with Crippen molar-refractivity contribution < 1.29 is 8.42 Å². The predicted molar refractivity (Wildman–Crippen MR) is 95.9 cm³/mol.